The van der Waals surface area contributed by atoms with Gasteiger partial charge < -0.3 is 14.4 Å². The molecule has 2 aromatic heterocycles. The van der Waals surface area contributed by atoms with Crippen LogP contribution >= 0.6 is 11.6 Å². The topological polar surface area (TPSA) is 81.4 Å². The van der Waals surface area contributed by atoms with E-state index in [-0.39, 0.29) is 29.9 Å². The number of aromatic nitrogens is 2. The van der Waals surface area contributed by atoms with E-state index in [1.54, 1.807) is 22.8 Å². The SMILES string of the molecule is CC1(C)COc2c1ccc1c2c(C2=CC=CCC2=O)c(C(=O)O)n1Cc1cc2ccccc2nc1Cl. The van der Waals surface area contributed by atoms with Gasteiger partial charge in [0.1, 0.15) is 16.6 Å². The second-order valence-electron chi connectivity index (χ2n) is 9.89. The summed E-state index contributed by atoms with van der Waals surface area (Å²) >= 11 is 6.57. The third-order valence-corrected chi connectivity index (χ3v) is 7.37. The summed E-state index contributed by atoms with van der Waals surface area (Å²) in [5, 5.41) is 12.3. The van der Waals surface area contributed by atoms with Gasteiger partial charge in [0, 0.05) is 39.5 Å². The number of carboxylic acids is 1. The molecule has 2 aliphatic rings. The number of carbonyl (C=O) groups excluding carboxylic acids is 1. The van der Waals surface area contributed by atoms with Crippen LogP contribution in [0.5, 0.6) is 5.75 Å². The quantitative estimate of drug-likeness (QED) is 0.340. The van der Waals surface area contributed by atoms with Gasteiger partial charge in [0.2, 0.25) is 0 Å². The number of para-hydroxylation sites is 1. The summed E-state index contributed by atoms with van der Waals surface area (Å²) in [5.41, 5.74) is 3.69. The molecule has 0 fully saturated rings. The summed E-state index contributed by atoms with van der Waals surface area (Å²) in [4.78, 5) is 30.3. The number of carboxylic acid groups (broad SMARTS) is 1. The molecule has 4 aromatic rings. The summed E-state index contributed by atoms with van der Waals surface area (Å²) in [5.74, 6) is -0.612. The Morgan fingerprint density at radius 3 is 2.81 bits per heavy atom. The molecule has 0 bridgehead atoms. The number of benzene rings is 2. The molecule has 1 aliphatic carbocycles. The minimum Gasteiger partial charge on any atom is -0.492 e. The van der Waals surface area contributed by atoms with E-state index in [1.807, 2.05) is 42.5 Å². The monoisotopic (exact) mass is 498 g/mol. The fourth-order valence-corrected chi connectivity index (χ4v) is 5.46. The molecule has 3 heterocycles. The van der Waals surface area contributed by atoms with E-state index in [9.17, 15) is 14.7 Å². The normalized spacial score (nSPS) is 16.3. The molecule has 0 saturated heterocycles. The Kier molecular flexibility index (Phi) is 5.05. The molecule has 0 atom stereocenters. The van der Waals surface area contributed by atoms with E-state index >= 15 is 0 Å². The van der Waals surface area contributed by atoms with Crippen LogP contribution in [0.2, 0.25) is 5.15 Å². The van der Waals surface area contributed by atoms with Gasteiger partial charge in [-0.3, -0.25) is 4.79 Å². The molecule has 36 heavy (non-hydrogen) atoms. The number of ether oxygens (including phenoxy) is 1. The first-order valence-electron chi connectivity index (χ1n) is 11.8. The molecule has 1 N–H and O–H groups in total. The molecule has 7 heteroatoms. The van der Waals surface area contributed by atoms with Crippen molar-refractivity contribution in [1.29, 1.82) is 0 Å². The smallest absolute Gasteiger partial charge is 0.353 e. The summed E-state index contributed by atoms with van der Waals surface area (Å²) < 4.78 is 7.89. The number of hydrogen-bond acceptors (Lipinski definition) is 4. The summed E-state index contributed by atoms with van der Waals surface area (Å²) in [6.45, 7) is 4.83. The number of Topliss-reactive ketones (excluding diaryl/α,β-unsaturated/α-hetero) is 1. The zero-order valence-corrected chi connectivity index (χ0v) is 20.6. The first kappa shape index (κ1) is 22.6. The number of allylic oxidation sites excluding steroid dienone is 4. The molecule has 1 aliphatic heterocycles. The van der Waals surface area contributed by atoms with Crippen molar-refractivity contribution in [3.63, 3.8) is 0 Å². The highest BCUT2D eigenvalue weighted by Crippen LogP contribution is 2.48. The van der Waals surface area contributed by atoms with Gasteiger partial charge in [-0.25, -0.2) is 9.78 Å². The van der Waals surface area contributed by atoms with Crippen molar-refractivity contribution in [2.75, 3.05) is 6.61 Å². The van der Waals surface area contributed by atoms with Crippen LogP contribution in [0.1, 0.15) is 47.4 Å². The second-order valence-corrected chi connectivity index (χ2v) is 10.2. The van der Waals surface area contributed by atoms with Crippen molar-refractivity contribution in [1.82, 2.24) is 9.55 Å². The molecule has 0 unspecified atom stereocenters. The predicted molar refractivity (Wildman–Crippen MR) is 140 cm³/mol. The van der Waals surface area contributed by atoms with Crippen molar-refractivity contribution in [3.8, 4) is 5.75 Å². The highest BCUT2D eigenvalue weighted by atomic mass is 35.5. The highest BCUT2D eigenvalue weighted by Gasteiger charge is 2.37. The number of carbonyl (C=O) groups is 2. The Labute approximate surface area is 212 Å². The van der Waals surface area contributed by atoms with E-state index in [0.717, 1.165) is 16.5 Å². The van der Waals surface area contributed by atoms with Crippen LogP contribution < -0.4 is 4.74 Å². The molecule has 6 nitrogen and oxygen atoms in total. The van der Waals surface area contributed by atoms with Crippen molar-refractivity contribution >= 4 is 50.7 Å². The first-order chi connectivity index (χ1) is 17.3. The van der Waals surface area contributed by atoms with Gasteiger partial charge >= 0.3 is 5.97 Å². The van der Waals surface area contributed by atoms with Crippen LogP contribution in [0, 0.1) is 0 Å². The van der Waals surface area contributed by atoms with Crippen molar-refractivity contribution in [2.45, 2.75) is 32.2 Å². The molecule has 180 valence electrons. The lowest BCUT2D eigenvalue weighted by atomic mass is 9.85. The first-order valence-corrected chi connectivity index (χ1v) is 12.1. The number of rotatable bonds is 4. The minimum atomic E-state index is -1.12. The maximum absolute atomic E-state index is 13.0. The lowest BCUT2D eigenvalue weighted by Gasteiger charge is -2.15. The largest absolute Gasteiger partial charge is 0.492 e. The zero-order chi connectivity index (χ0) is 25.2. The Balaban J connectivity index is 1.67. The molecule has 0 saturated carbocycles. The lowest BCUT2D eigenvalue weighted by Crippen LogP contribution is -2.18. The Hall–Kier alpha value is -3.90. The van der Waals surface area contributed by atoms with Crippen LogP contribution in [-0.2, 0) is 16.8 Å². The Morgan fingerprint density at radius 2 is 2.03 bits per heavy atom. The third-order valence-electron chi connectivity index (χ3n) is 7.04. The number of aromatic carboxylic acids is 1. The number of pyridine rings is 1. The molecule has 6 rings (SSSR count). The molecule has 0 amide bonds. The van der Waals surface area contributed by atoms with Crippen LogP contribution in [0.25, 0.3) is 27.4 Å². The summed E-state index contributed by atoms with van der Waals surface area (Å²) in [7, 11) is 0. The fraction of sp³-hybridized carbons (Fsp3) is 0.207. The van der Waals surface area contributed by atoms with Gasteiger partial charge in [0.25, 0.3) is 0 Å². The number of nitrogens with zero attached hydrogens (tertiary/aromatic N) is 2. The lowest BCUT2D eigenvalue weighted by molar-refractivity contribution is -0.113. The number of halogens is 1. The molecule has 2 aromatic carbocycles. The van der Waals surface area contributed by atoms with Crippen molar-refractivity contribution in [3.05, 3.63) is 88.2 Å². The van der Waals surface area contributed by atoms with E-state index in [1.165, 1.54) is 0 Å². The van der Waals surface area contributed by atoms with E-state index in [0.29, 0.717) is 45.1 Å². The number of ketones is 1. The van der Waals surface area contributed by atoms with Crippen LogP contribution in [0.15, 0.2) is 60.7 Å². The van der Waals surface area contributed by atoms with E-state index < -0.39 is 5.97 Å². The standard InChI is InChI=1S/C29H23ClN2O4/c1-29(2)15-36-26-19(29)11-12-21-24(26)23(18-8-4-6-10-22(18)33)25(28(34)35)32(21)14-17-13-16-7-3-5-9-20(16)31-27(17)30/h3-9,11-13H,10,14-15H2,1-2H3,(H,34,35). The summed E-state index contributed by atoms with van der Waals surface area (Å²) in [6.07, 6.45) is 5.49. The third kappa shape index (κ3) is 3.36. The Bertz CT molecular complexity index is 1680. The average molecular weight is 499 g/mol. The van der Waals surface area contributed by atoms with E-state index in [4.69, 9.17) is 16.3 Å². The van der Waals surface area contributed by atoms with Crippen LogP contribution in [-0.4, -0.2) is 33.0 Å². The fourth-order valence-electron chi connectivity index (χ4n) is 5.26. The van der Waals surface area contributed by atoms with Crippen molar-refractivity contribution in [2.24, 2.45) is 0 Å². The van der Waals surface area contributed by atoms with Gasteiger partial charge in [0.15, 0.2) is 5.78 Å². The van der Waals surface area contributed by atoms with E-state index in [2.05, 4.69) is 18.8 Å². The predicted octanol–water partition coefficient (Wildman–Crippen LogP) is 6.17. The highest BCUT2D eigenvalue weighted by molar-refractivity contribution is 6.30. The van der Waals surface area contributed by atoms with Gasteiger partial charge in [-0.2, -0.15) is 0 Å². The maximum atomic E-state index is 13.0. The van der Waals surface area contributed by atoms with Gasteiger partial charge in [-0.1, -0.05) is 67.9 Å². The minimum absolute atomic E-state index is 0.0332. The molecule has 0 spiro atoms. The van der Waals surface area contributed by atoms with Crippen LogP contribution in [0.3, 0.4) is 0 Å². The molecule has 0 radical (unpaired) electrons. The van der Waals surface area contributed by atoms with Crippen LogP contribution in [0.4, 0.5) is 0 Å². The zero-order valence-electron chi connectivity index (χ0n) is 19.8. The van der Waals surface area contributed by atoms with Crippen molar-refractivity contribution < 1.29 is 19.4 Å². The van der Waals surface area contributed by atoms with Gasteiger partial charge in [0.05, 0.1) is 29.6 Å². The van der Waals surface area contributed by atoms with Gasteiger partial charge in [-0.15, -0.1) is 0 Å². The second kappa shape index (κ2) is 8.07. The molecular formula is C29H23ClN2O4. The molecular weight excluding hydrogens is 476 g/mol. The van der Waals surface area contributed by atoms with Gasteiger partial charge in [-0.05, 0) is 18.2 Å². The summed E-state index contributed by atoms with van der Waals surface area (Å²) in [6, 6.07) is 13.5. The number of fused-ring (bicyclic) bond motifs is 4. The average Bonchev–Trinajstić information content (AvgIpc) is 3.34. The Morgan fingerprint density at radius 1 is 1.22 bits per heavy atom. The maximum Gasteiger partial charge on any atom is 0.353 e. The number of hydrogen-bond donors (Lipinski definition) is 1.